The summed E-state index contributed by atoms with van der Waals surface area (Å²) in [5.74, 6) is 0.219. The minimum absolute atomic E-state index is 0.0203. The average molecular weight is 289 g/mol. The normalized spacial score (nSPS) is 16.3. The topological polar surface area (TPSA) is 85.8 Å². The molecular weight excluding hydrogens is 270 g/mol. The van der Waals surface area contributed by atoms with E-state index in [-0.39, 0.29) is 17.8 Å². The summed E-state index contributed by atoms with van der Waals surface area (Å²) in [7, 11) is 0. The van der Waals surface area contributed by atoms with Gasteiger partial charge in [-0.15, -0.1) is 5.10 Å². The first-order valence-electron chi connectivity index (χ1n) is 7.21. The minimum atomic E-state index is -0.0725. The van der Waals surface area contributed by atoms with E-state index >= 15 is 0 Å². The Hall–Kier alpha value is -2.31. The Bertz CT molecular complexity index is 646. The Morgan fingerprint density at radius 1 is 1.43 bits per heavy atom. The van der Waals surface area contributed by atoms with Crippen LogP contribution in [0.4, 0.5) is 11.6 Å². The Morgan fingerprint density at radius 3 is 2.90 bits per heavy atom. The van der Waals surface area contributed by atoms with Gasteiger partial charge in [-0.25, -0.2) is 4.52 Å². The molecule has 112 valence electrons. The van der Waals surface area contributed by atoms with Crippen LogP contribution in [0.2, 0.25) is 0 Å². The number of ether oxygens (including phenoxy) is 1. The van der Waals surface area contributed by atoms with E-state index in [0.717, 1.165) is 37.3 Å². The molecule has 7 nitrogen and oxygen atoms in total. The number of nitrogen functional groups attached to an aromatic ring is 1. The summed E-state index contributed by atoms with van der Waals surface area (Å²) in [6.45, 7) is 3.95. The lowest BCUT2D eigenvalue weighted by Crippen LogP contribution is -2.37. The molecule has 1 aliphatic heterocycles. The molecule has 2 N–H and O–H groups in total. The summed E-state index contributed by atoms with van der Waals surface area (Å²) in [5.41, 5.74) is 7.39. The molecule has 0 aromatic carbocycles. The second-order valence-electron chi connectivity index (χ2n) is 5.17. The van der Waals surface area contributed by atoms with Gasteiger partial charge in [0.1, 0.15) is 0 Å². The minimum Gasteiger partial charge on any atom is -0.466 e. The third-order valence-corrected chi connectivity index (χ3v) is 3.81. The molecule has 7 heteroatoms. The highest BCUT2D eigenvalue weighted by Crippen LogP contribution is 2.24. The summed E-state index contributed by atoms with van der Waals surface area (Å²) in [6.07, 6.45) is 3.55. The molecule has 0 aliphatic carbocycles. The summed E-state index contributed by atoms with van der Waals surface area (Å²) in [6, 6.07) is 3.91. The van der Waals surface area contributed by atoms with Gasteiger partial charge in [-0.3, -0.25) is 4.79 Å². The third-order valence-electron chi connectivity index (χ3n) is 3.81. The number of carbonyl (C=O) groups excluding carboxylic acids is 1. The number of carbonyl (C=O) groups is 1. The number of aromatic nitrogens is 3. The van der Waals surface area contributed by atoms with E-state index in [4.69, 9.17) is 10.5 Å². The fraction of sp³-hybridized carbons (Fsp3) is 0.500. The van der Waals surface area contributed by atoms with E-state index in [2.05, 4.69) is 15.0 Å². The Balaban J connectivity index is 1.69. The van der Waals surface area contributed by atoms with Crippen LogP contribution in [0.5, 0.6) is 0 Å². The maximum Gasteiger partial charge on any atom is 0.309 e. The number of esters is 1. The largest absolute Gasteiger partial charge is 0.466 e. The van der Waals surface area contributed by atoms with Gasteiger partial charge in [0.05, 0.1) is 24.4 Å². The van der Waals surface area contributed by atoms with Crippen molar-refractivity contribution in [3.63, 3.8) is 0 Å². The van der Waals surface area contributed by atoms with E-state index in [1.165, 1.54) is 0 Å². The quantitative estimate of drug-likeness (QED) is 0.851. The lowest BCUT2D eigenvalue weighted by molar-refractivity contribution is -0.148. The molecule has 0 unspecified atom stereocenters. The molecule has 0 spiro atoms. The summed E-state index contributed by atoms with van der Waals surface area (Å²) < 4.78 is 6.77. The number of hydrogen-bond donors (Lipinski definition) is 1. The zero-order chi connectivity index (χ0) is 14.8. The van der Waals surface area contributed by atoms with Crippen LogP contribution in [-0.4, -0.2) is 40.3 Å². The maximum absolute atomic E-state index is 11.7. The van der Waals surface area contributed by atoms with Gasteiger partial charge < -0.3 is 15.4 Å². The van der Waals surface area contributed by atoms with Crippen LogP contribution in [0, 0.1) is 5.92 Å². The lowest BCUT2D eigenvalue weighted by atomic mass is 9.97. The van der Waals surface area contributed by atoms with Crippen molar-refractivity contribution < 1.29 is 9.53 Å². The second kappa shape index (κ2) is 5.59. The smallest absolute Gasteiger partial charge is 0.309 e. The Morgan fingerprint density at radius 2 is 2.19 bits per heavy atom. The van der Waals surface area contributed by atoms with Gasteiger partial charge in [0.25, 0.3) is 0 Å². The summed E-state index contributed by atoms with van der Waals surface area (Å²) >= 11 is 0. The van der Waals surface area contributed by atoms with Gasteiger partial charge in [-0.1, -0.05) is 0 Å². The molecular formula is C14H19N5O2. The van der Waals surface area contributed by atoms with Crippen molar-refractivity contribution in [2.45, 2.75) is 19.8 Å². The van der Waals surface area contributed by atoms with Gasteiger partial charge in [0.15, 0.2) is 5.65 Å². The van der Waals surface area contributed by atoms with Crippen molar-refractivity contribution in [3.05, 3.63) is 18.3 Å². The van der Waals surface area contributed by atoms with Crippen LogP contribution >= 0.6 is 0 Å². The molecule has 3 heterocycles. The van der Waals surface area contributed by atoms with Crippen LogP contribution in [0.1, 0.15) is 19.8 Å². The van der Waals surface area contributed by atoms with Crippen molar-refractivity contribution in [3.8, 4) is 0 Å². The molecule has 1 aliphatic rings. The van der Waals surface area contributed by atoms with Gasteiger partial charge in [0, 0.05) is 13.1 Å². The first kappa shape index (κ1) is 13.7. The number of fused-ring (bicyclic) bond motifs is 1. The van der Waals surface area contributed by atoms with Crippen LogP contribution in [0.3, 0.4) is 0 Å². The van der Waals surface area contributed by atoms with E-state index in [1.807, 2.05) is 25.3 Å². The molecule has 1 fully saturated rings. The van der Waals surface area contributed by atoms with Crippen LogP contribution in [-0.2, 0) is 9.53 Å². The van der Waals surface area contributed by atoms with E-state index in [9.17, 15) is 4.79 Å². The van der Waals surface area contributed by atoms with Crippen molar-refractivity contribution in [2.75, 3.05) is 30.3 Å². The molecule has 21 heavy (non-hydrogen) atoms. The maximum atomic E-state index is 11.7. The van der Waals surface area contributed by atoms with Crippen molar-refractivity contribution in [2.24, 2.45) is 5.92 Å². The molecule has 0 radical (unpaired) electrons. The highest BCUT2D eigenvalue weighted by Gasteiger charge is 2.26. The fourth-order valence-electron chi connectivity index (χ4n) is 2.71. The predicted molar refractivity (Wildman–Crippen MR) is 79.0 cm³/mol. The molecule has 0 amide bonds. The molecule has 0 bridgehead atoms. The van der Waals surface area contributed by atoms with Crippen molar-refractivity contribution in [1.82, 2.24) is 14.6 Å². The average Bonchev–Trinajstić information content (AvgIpc) is 2.86. The number of rotatable bonds is 3. The van der Waals surface area contributed by atoms with Crippen LogP contribution < -0.4 is 10.6 Å². The van der Waals surface area contributed by atoms with Crippen molar-refractivity contribution in [1.29, 1.82) is 0 Å². The molecule has 3 rings (SSSR count). The lowest BCUT2D eigenvalue weighted by Gasteiger charge is -2.32. The first-order chi connectivity index (χ1) is 10.2. The summed E-state index contributed by atoms with van der Waals surface area (Å²) in [4.78, 5) is 18.1. The Kier molecular flexibility index (Phi) is 3.64. The van der Waals surface area contributed by atoms with Gasteiger partial charge in [-0.05, 0) is 31.9 Å². The number of anilines is 2. The van der Waals surface area contributed by atoms with Crippen LogP contribution in [0.25, 0.3) is 5.65 Å². The molecule has 0 saturated carbocycles. The Labute approximate surface area is 122 Å². The van der Waals surface area contributed by atoms with E-state index < -0.39 is 0 Å². The highest BCUT2D eigenvalue weighted by atomic mass is 16.5. The number of piperidine rings is 1. The highest BCUT2D eigenvalue weighted by molar-refractivity contribution is 5.73. The molecule has 2 aromatic rings. The number of hydrogen-bond acceptors (Lipinski definition) is 6. The molecule has 0 atom stereocenters. The SMILES string of the molecule is CCOC(=O)C1CCN(c2ccc3nc(N)nn3c2)CC1. The number of pyridine rings is 1. The van der Waals surface area contributed by atoms with Crippen LogP contribution in [0.15, 0.2) is 18.3 Å². The van der Waals surface area contributed by atoms with Crippen molar-refractivity contribution >= 4 is 23.3 Å². The summed E-state index contributed by atoms with van der Waals surface area (Å²) in [5, 5.41) is 4.12. The van der Waals surface area contributed by atoms with Gasteiger partial charge >= 0.3 is 5.97 Å². The zero-order valence-electron chi connectivity index (χ0n) is 12.0. The standard InChI is InChI=1S/C14H19N5O2/c1-2-21-13(20)10-5-7-18(8-6-10)11-3-4-12-16-14(15)17-19(12)9-11/h3-4,9-10H,2,5-8H2,1H3,(H2,15,17). The zero-order valence-corrected chi connectivity index (χ0v) is 12.0. The number of nitrogens with zero attached hydrogens (tertiary/aromatic N) is 4. The van der Waals surface area contributed by atoms with Gasteiger partial charge in [0.2, 0.25) is 5.95 Å². The van der Waals surface area contributed by atoms with E-state index in [1.54, 1.807) is 4.52 Å². The first-order valence-corrected chi connectivity index (χ1v) is 7.21. The number of nitrogens with two attached hydrogens (primary N) is 1. The second-order valence-corrected chi connectivity index (χ2v) is 5.17. The van der Waals surface area contributed by atoms with Gasteiger partial charge in [-0.2, -0.15) is 4.98 Å². The third kappa shape index (κ3) is 2.76. The predicted octanol–water partition coefficient (Wildman–Crippen LogP) is 1.09. The fourth-order valence-corrected chi connectivity index (χ4v) is 2.71. The monoisotopic (exact) mass is 289 g/mol. The molecule has 2 aromatic heterocycles. The molecule has 1 saturated heterocycles. The van der Waals surface area contributed by atoms with E-state index in [0.29, 0.717) is 6.61 Å².